The van der Waals surface area contributed by atoms with Crippen molar-refractivity contribution in [3.05, 3.63) is 23.8 Å². The highest BCUT2D eigenvalue weighted by Gasteiger charge is 2.22. The van der Waals surface area contributed by atoms with Crippen molar-refractivity contribution in [2.75, 3.05) is 51.2 Å². The van der Waals surface area contributed by atoms with Crippen LogP contribution in [0.3, 0.4) is 0 Å². The van der Waals surface area contributed by atoms with Crippen molar-refractivity contribution in [2.45, 2.75) is 32.4 Å². The van der Waals surface area contributed by atoms with Crippen molar-refractivity contribution in [1.82, 2.24) is 4.90 Å². The van der Waals surface area contributed by atoms with Gasteiger partial charge >= 0.3 is 0 Å². The van der Waals surface area contributed by atoms with E-state index in [0.29, 0.717) is 18.8 Å². The number of rotatable bonds is 8. The summed E-state index contributed by atoms with van der Waals surface area (Å²) < 4.78 is 10.5. The van der Waals surface area contributed by atoms with Crippen molar-refractivity contribution in [1.29, 1.82) is 0 Å². The molecule has 0 spiro atoms. The highest BCUT2D eigenvalue weighted by molar-refractivity contribution is 5.92. The molecule has 1 fully saturated rings. The van der Waals surface area contributed by atoms with E-state index < -0.39 is 0 Å². The Bertz CT molecular complexity index is 627. The normalized spacial score (nSPS) is 16.4. The highest BCUT2D eigenvalue weighted by atomic mass is 16.5. The van der Waals surface area contributed by atoms with Gasteiger partial charge in [-0.15, -0.1) is 0 Å². The number of nitrogens with one attached hydrogen (secondary N) is 1. The number of carbonyl (C=O) groups excluding carboxylic acids is 2. The second-order valence-corrected chi connectivity index (χ2v) is 6.75. The van der Waals surface area contributed by atoms with Gasteiger partial charge in [0.1, 0.15) is 6.61 Å². The Hall–Kier alpha value is -2.12. The molecule has 0 aliphatic carbocycles. The van der Waals surface area contributed by atoms with Crippen LogP contribution in [0.5, 0.6) is 0 Å². The van der Waals surface area contributed by atoms with Gasteiger partial charge in [-0.3, -0.25) is 9.59 Å². The lowest BCUT2D eigenvalue weighted by molar-refractivity contribution is -0.131. The molecule has 1 aliphatic heterocycles. The first kappa shape index (κ1) is 20.2. The first-order chi connectivity index (χ1) is 12.4. The van der Waals surface area contributed by atoms with E-state index in [1.54, 1.807) is 11.8 Å². The van der Waals surface area contributed by atoms with E-state index >= 15 is 0 Å². The molecule has 7 nitrogen and oxygen atoms in total. The van der Waals surface area contributed by atoms with Crippen LogP contribution in [0.4, 0.5) is 11.4 Å². The van der Waals surface area contributed by atoms with Crippen molar-refractivity contribution in [2.24, 2.45) is 0 Å². The van der Waals surface area contributed by atoms with Gasteiger partial charge in [0.15, 0.2) is 0 Å². The molecule has 26 heavy (non-hydrogen) atoms. The van der Waals surface area contributed by atoms with Gasteiger partial charge in [-0.25, -0.2) is 0 Å². The fraction of sp³-hybridized carbons (Fsp3) is 0.579. The van der Waals surface area contributed by atoms with Crippen LogP contribution in [-0.2, 0) is 25.6 Å². The SMILES string of the molecule is COCC(=O)Nc1ccc(N(C)C)c(CN(CC2CCCO2)C(C)=O)c1. The number of hydrogen-bond donors (Lipinski definition) is 1. The van der Waals surface area contributed by atoms with E-state index in [1.165, 1.54) is 7.11 Å². The Labute approximate surface area is 155 Å². The summed E-state index contributed by atoms with van der Waals surface area (Å²) in [6.45, 7) is 3.40. The quantitative estimate of drug-likeness (QED) is 0.763. The number of amides is 2. The zero-order valence-electron chi connectivity index (χ0n) is 16.1. The number of nitrogens with zero attached hydrogens (tertiary/aromatic N) is 2. The van der Waals surface area contributed by atoms with E-state index in [9.17, 15) is 9.59 Å². The lowest BCUT2D eigenvalue weighted by atomic mass is 10.1. The van der Waals surface area contributed by atoms with E-state index in [2.05, 4.69) is 5.32 Å². The number of carbonyl (C=O) groups is 2. The Kier molecular flexibility index (Phi) is 7.41. The number of hydrogen-bond acceptors (Lipinski definition) is 5. The summed E-state index contributed by atoms with van der Waals surface area (Å²) in [6.07, 6.45) is 2.13. The molecular formula is C19H29N3O4. The van der Waals surface area contributed by atoms with Gasteiger partial charge in [-0.05, 0) is 36.6 Å². The molecule has 1 N–H and O–H groups in total. The highest BCUT2D eigenvalue weighted by Crippen LogP contribution is 2.25. The molecule has 1 atom stereocenters. The van der Waals surface area contributed by atoms with Gasteiger partial charge in [0, 0.05) is 59.2 Å². The maximum Gasteiger partial charge on any atom is 0.250 e. The van der Waals surface area contributed by atoms with Crippen LogP contribution < -0.4 is 10.2 Å². The van der Waals surface area contributed by atoms with Crippen LogP contribution in [0.1, 0.15) is 25.3 Å². The number of anilines is 2. The largest absolute Gasteiger partial charge is 0.377 e. The molecule has 0 bridgehead atoms. The Morgan fingerprint density at radius 1 is 1.35 bits per heavy atom. The standard InChI is InChI=1S/C19H29N3O4/c1-14(23)22(12-17-6-5-9-26-17)11-15-10-16(20-19(24)13-25-4)7-8-18(15)21(2)3/h7-8,10,17H,5-6,9,11-13H2,1-4H3,(H,20,24). The minimum Gasteiger partial charge on any atom is -0.377 e. The predicted molar refractivity (Wildman–Crippen MR) is 101 cm³/mol. The number of benzene rings is 1. The van der Waals surface area contributed by atoms with Gasteiger partial charge in [0.2, 0.25) is 11.8 Å². The third-order valence-corrected chi connectivity index (χ3v) is 4.38. The van der Waals surface area contributed by atoms with Crippen LogP contribution in [0.25, 0.3) is 0 Å². The predicted octanol–water partition coefficient (Wildman–Crippen LogP) is 1.86. The smallest absolute Gasteiger partial charge is 0.250 e. The maximum atomic E-state index is 12.1. The Morgan fingerprint density at radius 3 is 2.69 bits per heavy atom. The fourth-order valence-electron chi connectivity index (χ4n) is 3.10. The molecule has 1 saturated heterocycles. The monoisotopic (exact) mass is 363 g/mol. The third-order valence-electron chi connectivity index (χ3n) is 4.38. The maximum absolute atomic E-state index is 12.1. The van der Waals surface area contributed by atoms with Gasteiger partial charge in [0.05, 0.1) is 6.10 Å². The van der Waals surface area contributed by atoms with Crippen molar-refractivity contribution < 1.29 is 19.1 Å². The molecule has 0 aromatic heterocycles. The second kappa shape index (κ2) is 9.54. The zero-order valence-corrected chi connectivity index (χ0v) is 16.1. The topological polar surface area (TPSA) is 71.1 Å². The Balaban J connectivity index is 2.19. The van der Waals surface area contributed by atoms with Gasteiger partial charge in [0.25, 0.3) is 0 Å². The van der Waals surface area contributed by atoms with Crippen LogP contribution in [-0.4, -0.2) is 63.8 Å². The molecule has 2 rings (SSSR count). The molecule has 7 heteroatoms. The van der Waals surface area contributed by atoms with E-state index in [-0.39, 0.29) is 24.5 Å². The average Bonchev–Trinajstić information content (AvgIpc) is 3.07. The van der Waals surface area contributed by atoms with Gasteiger partial charge in [-0.1, -0.05) is 0 Å². The van der Waals surface area contributed by atoms with Crippen molar-refractivity contribution >= 4 is 23.2 Å². The minimum absolute atomic E-state index is 0.00333. The Morgan fingerprint density at radius 2 is 2.12 bits per heavy atom. The van der Waals surface area contributed by atoms with Crippen molar-refractivity contribution in [3.63, 3.8) is 0 Å². The number of methoxy groups -OCH3 is 1. The zero-order chi connectivity index (χ0) is 19.1. The average molecular weight is 363 g/mol. The summed E-state index contributed by atoms with van der Waals surface area (Å²) in [5, 5.41) is 2.81. The first-order valence-electron chi connectivity index (χ1n) is 8.87. The first-order valence-corrected chi connectivity index (χ1v) is 8.87. The van der Waals surface area contributed by atoms with Crippen LogP contribution in [0.2, 0.25) is 0 Å². The third kappa shape index (κ3) is 5.71. The summed E-state index contributed by atoms with van der Waals surface area (Å²) in [6, 6.07) is 5.71. The summed E-state index contributed by atoms with van der Waals surface area (Å²) in [5.74, 6) is -0.196. The molecule has 2 amide bonds. The summed E-state index contributed by atoms with van der Waals surface area (Å²) in [7, 11) is 5.40. The summed E-state index contributed by atoms with van der Waals surface area (Å²) >= 11 is 0. The fourth-order valence-corrected chi connectivity index (χ4v) is 3.10. The molecular weight excluding hydrogens is 334 g/mol. The second-order valence-electron chi connectivity index (χ2n) is 6.75. The van der Waals surface area contributed by atoms with Gasteiger partial charge in [-0.2, -0.15) is 0 Å². The number of ether oxygens (including phenoxy) is 2. The van der Waals surface area contributed by atoms with Gasteiger partial charge < -0.3 is 24.6 Å². The molecule has 1 aromatic rings. The van der Waals surface area contributed by atoms with E-state index in [0.717, 1.165) is 30.7 Å². The molecule has 0 saturated carbocycles. The van der Waals surface area contributed by atoms with E-state index in [1.807, 2.05) is 37.2 Å². The van der Waals surface area contributed by atoms with Crippen LogP contribution in [0, 0.1) is 0 Å². The van der Waals surface area contributed by atoms with E-state index in [4.69, 9.17) is 9.47 Å². The lowest BCUT2D eigenvalue weighted by Gasteiger charge is -2.27. The van der Waals surface area contributed by atoms with Crippen molar-refractivity contribution in [3.8, 4) is 0 Å². The summed E-state index contributed by atoms with van der Waals surface area (Å²) in [5.41, 5.74) is 2.67. The lowest BCUT2D eigenvalue weighted by Crippen LogP contribution is -2.35. The molecule has 0 radical (unpaired) electrons. The molecule has 1 heterocycles. The molecule has 1 aromatic carbocycles. The minimum atomic E-state index is -0.209. The molecule has 1 unspecified atom stereocenters. The van der Waals surface area contributed by atoms with Crippen LogP contribution >= 0.6 is 0 Å². The van der Waals surface area contributed by atoms with Crippen LogP contribution in [0.15, 0.2) is 18.2 Å². The summed E-state index contributed by atoms with van der Waals surface area (Å²) in [4.78, 5) is 27.7. The molecule has 144 valence electrons. The molecule has 1 aliphatic rings.